The van der Waals surface area contributed by atoms with E-state index in [0.29, 0.717) is 19.4 Å². The van der Waals surface area contributed by atoms with Gasteiger partial charge in [0, 0.05) is 12.8 Å². The summed E-state index contributed by atoms with van der Waals surface area (Å²) < 4.78 is 5.00. The van der Waals surface area contributed by atoms with Crippen molar-refractivity contribution in [2.75, 3.05) is 6.61 Å². The van der Waals surface area contributed by atoms with Gasteiger partial charge in [-0.2, -0.15) is 0 Å². The lowest BCUT2D eigenvalue weighted by molar-refractivity contribution is -0.143. The molecule has 0 fully saturated rings. The first-order valence-corrected chi connectivity index (χ1v) is 5.60. The summed E-state index contributed by atoms with van der Waals surface area (Å²) in [6.45, 7) is 2.50. The third-order valence-electron chi connectivity index (χ3n) is 2.07. The van der Waals surface area contributed by atoms with E-state index in [4.69, 9.17) is 10.5 Å². The number of hydrogen-bond donors (Lipinski definition) is 1. The van der Waals surface area contributed by atoms with Crippen LogP contribution in [-0.2, 0) is 14.3 Å². The average Bonchev–Trinajstić information content (AvgIpc) is 2.19. The molecule has 0 aliphatic heterocycles. The van der Waals surface area contributed by atoms with E-state index in [-0.39, 0.29) is 11.9 Å². The molecule has 0 aromatic carbocycles. The van der Waals surface area contributed by atoms with Gasteiger partial charge in [0.05, 0.1) is 6.61 Å². The summed E-state index contributed by atoms with van der Waals surface area (Å²) >= 11 is 0. The molecule has 15 heavy (non-hydrogen) atoms. The zero-order valence-corrected chi connectivity index (χ0v) is 9.46. The third kappa shape index (κ3) is 10.9. The van der Waals surface area contributed by atoms with Crippen molar-refractivity contribution >= 4 is 11.9 Å². The molecule has 88 valence electrons. The minimum Gasteiger partial charge on any atom is -0.466 e. The lowest BCUT2D eigenvalue weighted by Crippen LogP contribution is -2.10. The van der Waals surface area contributed by atoms with Crippen LogP contribution in [0.25, 0.3) is 0 Å². The highest BCUT2D eigenvalue weighted by Gasteiger charge is 2.01. The SMILES string of the molecule is CCCCC(=O)OCCCCCC(N)=O. The first-order valence-electron chi connectivity index (χ1n) is 5.60. The summed E-state index contributed by atoms with van der Waals surface area (Å²) in [4.78, 5) is 21.4. The molecule has 0 aromatic rings. The second-order valence-electron chi connectivity index (χ2n) is 3.60. The molecule has 2 N–H and O–H groups in total. The number of carbonyl (C=O) groups excluding carboxylic acids is 2. The Hall–Kier alpha value is -1.06. The lowest BCUT2D eigenvalue weighted by atomic mass is 10.2. The van der Waals surface area contributed by atoms with Crippen LogP contribution in [-0.4, -0.2) is 18.5 Å². The summed E-state index contributed by atoms with van der Waals surface area (Å²) in [5.41, 5.74) is 4.99. The fourth-order valence-corrected chi connectivity index (χ4v) is 1.16. The van der Waals surface area contributed by atoms with Gasteiger partial charge in [0.15, 0.2) is 0 Å². The Bertz CT molecular complexity index is 192. The lowest BCUT2D eigenvalue weighted by Gasteiger charge is -2.03. The van der Waals surface area contributed by atoms with Crippen LogP contribution in [0.3, 0.4) is 0 Å². The van der Waals surface area contributed by atoms with E-state index < -0.39 is 0 Å². The molecule has 4 nitrogen and oxygen atoms in total. The third-order valence-corrected chi connectivity index (χ3v) is 2.07. The van der Waals surface area contributed by atoms with Crippen molar-refractivity contribution < 1.29 is 14.3 Å². The van der Waals surface area contributed by atoms with E-state index in [0.717, 1.165) is 32.1 Å². The maximum absolute atomic E-state index is 11.0. The first kappa shape index (κ1) is 13.9. The zero-order chi connectivity index (χ0) is 11.5. The van der Waals surface area contributed by atoms with Gasteiger partial charge in [0.2, 0.25) is 5.91 Å². The minimum atomic E-state index is -0.269. The van der Waals surface area contributed by atoms with E-state index >= 15 is 0 Å². The highest BCUT2D eigenvalue weighted by Crippen LogP contribution is 2.01. The number of nitrogens with two attached hydrogens (primary N) is 1. The van der Waals surface area contributed by atoms with E-state index in [1.165, 1.54) is 0 Å². The number of ether oxygens (including phenoxy) is 1. The molecule has 0 aliphatic rings. The van der Waals surface area contributed by atoms with Gasteiger partial charge in [-0.3, -0.25) is 9.59 Å². The molecular formula is C11H21NO3. The second kappa shape index (κ2) is 9.49. The van der Waals surface area contributed by atoms with Crippen LogP contribution in [0.1, 0.15) is 51.9 Å². The Morgan fingerprint density at radius 2 is 1.80 bits per heavy atom. The summed E-state index contributed by atoms with van der Waals surface area (Å²) in [7, 11) is 0. The molecule has 0 atom stereocenters. The molecule has 0 rings (SSSR count). The van der Waals surface area contributed by atoms with Crippen molar-refractivity contribution in [3.8, 4) is 0 Å². The Balaban J connectivity index is 3.16. The number of primary amides is 1. The van der Waals surface area contributed by atoms with E-state index in [2.05, 4.69) is 0 Å². The van der Waals surface area contributed by atoms with Gasteiger partial charge >= 0.3 is 5.97 Å². The molecule has 0 unspecified atom stereocenters. The topological polar surface area (TPSA) is 69.4 Å². The summed E-state index contributed by atoms with van der Waals surface area (Å²) in [6.07, 6.45) is 5.30. The highest BCUT2D eigenvalue weighted by atomic mass is 16.5. The molecule has 0 heterocycles. The summed E-state index contributed by atoms with van der Waals surface area (Å²) in [6, 6.07) is 0. The maximum Gasteiger partial charge on any atom is 0.305 e. The van der Waals surface area contributed by atoms with Crippen LogP contribution in [0.4, 0.5) is 0 Å². The van der Waals surface area contributed by atoms with E-state index in [1.54, 1.807) is 0 Å². The fraction of sp³-hybridized carbons (Fsp3) is 0.818. The number of carbonyl (C=O) groups is 2. The second-order valence-corrected chi connectivity index (χ2v) is 3.60. The van der Waals surface area contributed by atoms with Crippen LogP contribution in [0.5, 0.6) is 0 Å². The van der Waals surface area contributed by atoms with Gasteiger partial charge in [-0.1, -0.05) is 13.3 Å². The summed E-state index contributed by atoms with van der Waals surface area (Å²) in [5.74, 6) is -0.387. The van der Waals surface area contributed by atoms with Crippen molar-refractivity contribution in [1.82, 2.24) is 0 Å². The number of hydrogen-bond acceptors (Lipinski definition) is 3. The van der Waals surface area contributed by atoms with E-state index in [9.17, 15) is 9.59 Å². The standard InChI is InChI=1S/C11H21NO3/c1-2-3-8-11(14)15-9-6-4-5-7-10(12)13/h2-9H2,1H3,(H2,12,13). The number of amides is 1. The van der Waals surface area contributed by atoms with Crippen LogP contribution in [0.2, 0.25) is 0 Å². The minimum absolute atomic E-state index is 0.119. The molecule has 0 radical (unpaired) electrons. The van der Waals surface area contributed by atoms with E-state index in [1.807, 2.05) is 6.92 Å². The van der Waals surface area contributed by atoms with Crippen LogP contribution in [0, 0.1) is 0 Å². The largest absolute Gasteiger partial charge is 0.466 e. The Morgan fingerprint density at radius 3 is 2.40 bits per heavy atom. The quantitative estimate of drug-likeness (QED) is 0.470. The Morgan fingerprint density at radius 1 is 1.07 bits per heavy atom. The predicted molar refractivity (Wildman–Crippen MR) is 58.1 cm³/mol. The van der Waals surface area contributed by atoms with Crippen molar-refractivity contribution in [3.63, 3.8) is 0 Å². The van der Waals surface area contributed by atoms with Gasteiger partial charge < -0.3 is 10.5 Å². The van der Waals surface area contributed by atoms with Gasteiger partial charge in [0.1, 0.15) is 0 Å². The van der Waals surface area contributed by atoms with Gasteiger partial charge in [-0.15, -0.1) is 0 Å². The molecule has 4 heteroatoms. The molecule has 0 aliphatic carbocycles. The van der Waals surface area contributed by atoms with Gasteiger partial charge in [0.25, 0.3) is 0 Å². The normalized spacial score (nSPS) is 9.93. The zero-order valence-electron chi connectivity index (χ0n) is 9.46. The number of unbranched alkanes of at least 4 members (excludes halogenated alkanes) is 3. The molecule has 0 saturated carbocycles. The monoisotopic (exact) mass is 215 g/mol. The fourth-order valence-electron chi connectivity index (χ4n) is 1.16. The van der Waals surface area contributed by atoms with Crippen LogP contribution >= 0.6 is 0 Å². The number of rotatable bonds is 9. The van der Waals surface area contributed by atoms with Crippen LogP contribution < -0.4 is 5.73 Å². The summed E-state index contributed by atoms with van der Waals surface area (Å²) in [5, 5.41) is 0. The first-order chi connectivity index (χ1) is 7.16. The van der Waals surface area contributed by atoms with Crippen molar-refractivity contribution in [1.29, 1.82) is 0 Å². The smallest absolute Gasteiger partial charge is 0.305 e. The highest BCUT2D eigenvalue weighted by molar-refractivity contribution is 5.73. The van der Waals surface area contributed by atoms with Crippen molar-refractivity contribution in [2.24, 2.45) is 5.73 Å². The van der Waals surface area contributed by atoms with Crippen molar-refractivity contribution in [2.45, 2.75) is 51.9 Å². The molecule has 0 bridgehead atoms. The molecule has 0 saturated heterocycles. The Labute approximate surface area is 91.2 Å². The maximum atomic E-state index is 11.0. The number of esters is 1. The molecular weight excluding hydrogens is 194 g/mol. The predicted octanol–water partition coefficient (Wildman–Crippen LogP) is 1.77. The van der Waals surface area contributed by atoms with Gasteiger partial charge in [-0.25, -0.2) is 0 Å². The molecule has 1 amide bonds. The Kier molecular flexibility index (Phi) is 8.82. The van der Waals surface area contributed by atoms with Crippen molar-refractivity contribution in [3.05, 3.63) is 0 Å². The van der Waals surface area contributed by atoms with Gasteiger partial charge in [-0.05, 0) is 25.7 Å². The van der Waals surface area contributed by atoms with Crippen LogP contribution in [0.15, 0.2) is 0 Å². The molecule has 0 spiro atoms. The molecule has 0 aromatic heterocycles. The average molecular weight is 215 g/mol.